The minimum atomic E-state index is 0.639. The van der Waals surface area contributed by atoms with Gasteiger partial charge < -0.3 is 10.3 Å². The highest BCUT2D eigenvalue weighted by Gasteiger charge is 2.12. The molecule has 0 aromatic carbocycles. The fraction of sp³-hybridized carbons (Fsp3) is 0.312. The second-order valence-electron chi connectivity index (χ2n) is 4.81. The third kappa shape index (κ3) is 2.95. The molecular formula is C16H17N5S. The van der Waals surface area contributed by atoms with Crippen LogP contribution in [0.5, 0.6) is 0 Å². The van der Waals surface area contributed by atoms with E-state index < -0.39 is 0 Å². The largest absolute Gasteiger partial charge is 0.371 e. The second kappa shape index (κ2) is 6.58. The quantitative estimate of drug-likeness (QED) is 0.570. The van der Waals surface area contributed by atoms with Crippen LogP contribution in [0.4, 0.5) is 5.82 Å². The van der Waals surface area contributed by atoms with Crippen molar-refractivity contribution in [3.8, 4) is 22.5 Å². The Morgan fingerprint density at radius 2 is 2.23 bits per heavy atom. The Bertz CT molecular complexity index is 823. The van der Waals surface area contributed by atoms with E-state index in [4.69, 9.17) is 0 Å². The normalized spacial score (nSPS) is 10.5. The first kappa shape index (κ1) is 14.5. The van der Waals surface area contributed by atoms with Gasteiger partial charge in [-0.05, 0) is 23.8 Å². The Morgan fingerprint density at radius 1 is 1.32 bits per heavy atom. The summed E-state index contributed by atoms with van der Waals surface area (Å²) in [5.41, 5.74) is 1.44. The maximum absolute atomic E-state index is 4.56. The lowest BCUT2D eigenvalue weighted by molar-refractivity contribution is 0.828. The number of hydrogen-bond donors (Lipinski definition) is 2. The Morgan fingerprint density at radius 3 is 2.95 bits per heavy atom. The van der Waals surface area contributed by atoms with Crippen LogP contribution in [-0.2, 0) is 0 Å². The molecule has 0 atom stereocenters. The van der Waals surface area contributed by atoms with Crippen LogP contribution in [0.1, 0.15) is 32.0 Å². The maximum atomic E-state index is 4.56. The van der Waals surface area contributed by atoms with Crippen molar-refractivity contribution in [2.24, 2.45) is 0 Å². The molecule has 0 radical (unpaired) electrons. The zero-order valence-corrected chi connectivity index (χ0v) is 13.4. The summed E-state index contributed by atoms with van der Waals surface area (Å²) in [6, 6.07) is 4.00. The fourth-order valence-corrected chi connectivity index (χ4v) is 2.72. The minimum Gasteiger partial charge on any atom is -0.371 e. The van der Waals surface area contributed by atoms with Gasteiger partial charge in [-0.2, -0.15) is 0 Å². The van der Waals surface area contributed by atoms with E-state index in [1.54, 1.807) is 11.3 Å². The van der Waals surface area contributed by atoms with Crippen LogP contribution in [0.2, 0.25) is 0 Å². The average Bonchev–Trinajstić information content (AvgIpc) is 3.19. The van der Waals surface area contributed by atoms with E-state index in [0.717, 1.165) is 29.7 Å². The molecule has 3 rings (SSSR count). The van der Waals surface area contributed by atoms with Crippen molar-refractivity contribution in [1.82, 2.24) is 19.9 Å². The topological polar surface area (TPSA) is 66.5 Å². The van der Waals surface area contributed by atoms with E-state index >= 15 is 0 Å². The standard InChI is InChI=1S/C16H17N5S/c1-3-4-5-6-9-12-18-13-15(17-2)20-14(21-16(13)19-12)11-8-7-10-22-11/h7-8,10H,3-5H2,1-2H3,(H2,17,18,19,20,21). The smallest absolute Gasteiger partial charge is 0.185 e. The number of thiophene rings is 1. The number of imidazole rings is 1. The molecule has 6 heteroatoms. The highest BCUT2D eigenvalue weighted by atomic mass is 32.1. The highest BCUT2D eigenvalue weighted by Crippen LogP contribution is 2.26. The molecule has 22 heavy (non-hydrogen) atoms. The van der Waals surface area contributed by atoms with Crippen molar-refractivity contribution in [3.63, 3.8) is 0 Å². The van der Waals surface area contributed by atoms with E-state index in [-0.39, 0.29) is 0 Å². The summed E-state index contributed by atoms with van der Waals surface area (Å²) >= 11 is 1.61. The van der Waals surface area contributed by atoms with E-state index in [1.807, 2.05) is 24.6 Å². The van der Waals surface area contributed by atoms with Gasteiger partial charge in [0.15, 0.2) is 28.6 Å². The van der Waals surface area contributed by atoms with Crippen LogP contribution >= 0.6 is 11.3 Å². The lowest BCUT2D eigenvalue weighted by Crippen LogP contribution is -1.97. The molecule has 0 aliphatic heterocycles. The molecule has 3 aromatic heterocycles. The number of aromatic amines is 1. The Balaban J connectivity index is 2.01. The summed E-state index contributed by atoms with van der Waals surface area (Å²) in [7, 11) is 1.83. The van der Waals surface area contributed by atoms with Crippen LogP contribution in [0.3, 0.4) is 0 Å². The summed E-state index contributed by atoms with van der Waals surface area (Å²) in [4.78, 5) is 17.8. The van der Waals surface area contributed by atoms with E-state index in [0.29, 0.717) is 23.1 Å². The van der Waals surface area contributed by atoms with E-state index in [9.17, 15) is 0 Å². The maximum Gasteiger partial charge on any atom is 0.185 e. The van der Waals surface area contributed by atoms with E-state index in [1.165, 1.54) is 0 Å². The van der Waals surface area contributed by atoms with Gasteiger partial charge in [-0.25, -0.2) is 15.0 Å². The molecule has 0 saturated heterocycles. The van der Waals surface area contributed by atoms with Crippen LogP contribution in [0.25, 0.3) is 21.9 Å². The molecule has 0 aliphatic rings. The lowest BCUT2D eigenvalue weighted by Gasteiger charge is -2.02. The van der Waals surface area contributed by atoms with Gasteiger partial charge in [0, 0.05) is 13.5 Å². The number of fused-ring (bicyclic) bond motifs is 1. The van der Waals surface area contributed by atoms with Crippen molar-refractivity contribution >= 4 is 28.3 Å². The first-order chi connectivity index (χ1) is 10.8. The summed E-state index contributed by atoms with van der Waals surface area (Å²) < 4.78 is 0. The number of nitrogens with one attached hydrogen (secondary N) is 2. The molecule has 0 amide bonds. The molecule has 5 nitrogen and oxygen atoms in total. The first-order valence-electron chi connectivity index (χ1n) is 7.30. The molecule has 3 aromatic rings. The molecule has 0 bridgehead atoms. The SMILES string of the molecule is CCCCC#Cc1nc2c(NC)nc(-c3cccs3)nc2[nH]1. The average molecular weight is 311 g/mol. The van der Waals surface area contributed by atoms with Gasteiger partial charge in [-0.3, -0.25) is 0 Å². The molecule has 2 N–H and O–H groups in total. The molecule has 3 heterocycles. The Kier molecular flexibility index (Phi) is 4.35. The summed E-state index contributed by atoms with van der Waals surface area (Å²) in [6.45, 7) is 2.16. The van der Waals surface area contributed by atoms with Crippen LogP contribution in [0.15, 0.2) is 17.5 Å². The van der Waals surface area contributed by atoms with Crippen LogP contribution < -0.4 is 5.32 Å². The number of rotatable bonds is 4. The number of unbranched alkanes of at least 4 members (excludes halogenated alkanes) is 2. The molecule has 0 spiro atoms. The van der Waals surface area contributed by atoms with Crippen molar-refractivity contribution in [1.29, 1.82) is 0 Å². The van der Waals surface area contributed by atoms with Gasteiger partial charge in [0.2, 0.25) is 0 Å². The number of aromatic nitrogens is 4. The number of H-pyrrole nitrogens is 1. The lowest BCUT2D eigenvalue weighted by atomic mass is 10.2. The zero-order valence-electron chi connectivity index (χ0n) is 12.6. The van der Waals surface area contributed by atoms with E-state index in [2.05, 4.69) is 44.0 Å². The number of nitrogens with zero attached hydrogens (tertiary/aromatic N) is 3. The van der Waals surface area contributed by atoms with Crippen LogP contribution in [0, 0.1) is 11.8 Å². The summed E-state index contributed by atoms with van der Waals surface area (Å²) in [5, 5.41) is 5.10. The summed E-state index contributed by atoms with van der Waals surface area (Å²) in [5.74, 6) is 8.25. The minimum absolute atomic E-state index is 0.639. The van der Waals surface area contributed by atoms with Gasteiger partial charge in [-0.1, -0.05) is 25.3 Å². The predicted octanol–water partition coefficient (Wildman–Crippen LogP) is 3.66. The third-order valence-corrected chi connectivity index (χ3v) is 4.05. The molecule has 0 saturated carbocycles. The van der Waals surface area contributed by atoms with Gasteiger partial charge in [0.1, 0.15) is 0 Å². The zero-order chi connectivity index (χ0) is 15.4. The van der Waals surface area contributed by atoms with Gasteiger partial charge in [-0.15, -0.1) is 11.3 Å². The number of anilines is 1. The fourth-order valence-electron chi connectivity index (χ4n) is 2.06. The van der Waals surface area contributed by atoms with Crippen molar-refractivity contribution < 1.29 is 0 Å². The highest BCUT2D eigenvalue weighted by molar-refractivity contribution is 7.13. The molecule has 0 aliphatic carbocycles. The van der Waals surface area contributed by atoms with Gasteiger partial charge >= 0.3 is 0 Å². The number of hydrogen-bond acceptors (Lipinski definition) is 5. The van der Waals surface area contributed by atoms with Gasteiger partial charge in [0.25, 0.3) is 0 Å². The van der Waals surface area contributed by atoms with Crippen molar-refractivity contribution in [3.05, 3.63) is 23.3 Å². The van der Waals surface area contributed by atoms with Crippen molar-refractivity contribution in [2.45, 2.75) is 26.2 Å². The molecular weight excluding hydrogens is 294 g/mol. The molecule has 112 valence electrons. The first-order valence-corrected chi connectivity index (χ1v) is 8.18. The summed E-state index contributed by atoms with van der Waals surface area (Å²) in [6.07, 6.45) is 3.14. The Hall–Kier alpha value is -2.39. The molecule has 0 unspecified atom stereocenters. The third-order valence-electron chi connectivity index (χ3n) is 3.18. The Labute approximate surface area is 133 Å². The van der Waals surface area contributed by atoms with Crippen LogP contribution in [-0.4, -0.2) is 27.0 Å². The second-order valence-corrected chi connectivity index (χ2v) is 5.76. The van der Waals surface area contributed by atoms with Gasteiger partial charge in [0.05, 0.1) is 4.88 Å². The monoisotopic (exact) mass is 311 g/mol. The predicted molar refractivity (Wildman–Crippen MR) is 90.9 cm³/mol. The molecule has 0 fully saturated rings. The van der Waals surface area contributed by atoms with Crippen molar-refractivity contribution in [2.75, 3.05) is 12.4 Å².